The van der Waals surface area contributed by atoms with Gasteiger partial charge in [0.1, 0.15) is 5.82 Å². The van der Waals surface area contributed by atoms with Gasteiger partial charge in [0.05, 0.1) is 12.3 Å². The lowest BCUT2D eigenvalue weighted by Crippen LogP contribution is -2.24. The summed E-state index contributed by atoms with van der Waals surface area (Å²) >= 11 is 0. The Kier molecular flexibility index (Phi) is 3.33. The van der Waals surface area contributed by atoms with Gasteiger partial charge in [0.15, 0.2) is 0 Å². The summed E-state index contributed by atoms with van der Waals surface area (Å²) in [5, 5.41) is 0. The summed E-state index contributed by atoms with van der Waals surface area (Å²) in [7, 11) is 1.77. The van der Waals surface area contributed by atoms with Crippen LogP contribution in [0.15, 0.2) is 6.20 Å². The van der Waals surface area contributed by atoms with Gasteiger partial charge in [-0.15, -0.1) is 0 Å². The summed E-state index contributed by atoms with van der Waals surface area (Å²) in [6.45, 7) is 8.60. The zero-order valence-corrected chi connectivity index (χ0v) is 10.7. The van der Waals surface area contributed by atoms with E-state index < -0.39 is 0 Å². The zero-order valence-electron chi connectivity index (χ0n) is 10.7. The quantitative estimate of drug-likeness (QED) is 0.786. The van der Waals surface area contributed by atoms with Gasteiger partial charge in [0, 0.05) is 25.8 Å². The molecule has 0 N–H and O–H groups in total. The van der Waals surface area contributed by atoms with Crippen LogP contribution in [0.2, 0.25) is 0 Å². The van der Waals surface area contributed by atoms with Gasteiger partial charge < -0.3 is 9.30 Å². The number of fused-ring (bicyclic) bond motifs is 1. The third kappa shape index (κ3) is 2.14. The van der Waals surface area contributed by atoms with Crippen LogP contribution in [0.3, 0.4) is 0 Å². The highest BCUT2D eigenvalue weighted by Gasteiger charge is 2.27. The van der Waals surface area contributed by atoms with Crippen LogP contribution in [0.5, 0.6) is 0 Å². The molecule has 0 saturated heterocycles. The van der Waals surface area contributed by atoms with Gasteiger partial charge in [0.25, 0.3) is 0 Å². The second kappa shape index (κ2) is 4.58. The molecule has 0 aromatic carbocycles. The summed E-state index contributed by atoms with van der Waals surface area (Å²) in [6.07, 6.45) is 3.42. The number of ether oxygens (including phenoxy) is 1. The predicted molar refractivity (Wildman–Crippen MR) is 64.7 cm³/mol. The molecule has 0 amide bonds. The fourth-order valence-corrected chi connectivity index (χ4v) is 2.55. The largest absolute Gasteiger partial charge is 0.384 e. The highest BCUT2D eigenvalue weighted by atomic mass is 16.5. The SMILES string of the molecule is COCC1CC(C)Cn2cc(C(C)C)nc21. The van der Waals surface area contributed by atoms with Crippen molar-refractivity contribution in [1.29, 1.82) is 0 Å². The third-order valence-electron chi connectivity index (χ3n) is 3.35. The van der Waals surface area contributed by atoms with E-state index in [4.69, 9.17) is 9.72 Å². The van der Waals surface area contributed by atoms with Gasteiger partial charge in [-0.2, -0.15) is 0 Å². The molecule has 0 aliphatic carbocycles. The molecule has 90 valence electrons. The van der Waals surface area contributed by atoms with E-state index in [1.165, 1.54) is 17.9 Å². The van der Waals surface area contributed by atoms with Gasteiger partial charge in [-0.05, 0) is 18.3 Å². The number of nitrogens with zero attached hydrogens (tertiary/aromatic N) is 2. The Labute approximate surface area is 97.8 Å². The molecule has 3 nitrogen and oxygen atoms in total. The fraction of sp³-hybridized carbons (Fsp3) is 0.769. The summed E-state index contributed by atoms with van der Waals surface area (Å²) in [6, 6.07) is 0. The lowest BCUT2D eigenvalue weighted by molar-refractivity contribution is 0.153. The number of hydrogen-bond acceptors (Lipinski definition) is 2. The van der Waals surface area contributed by atoms with Gasteiger partial charge in [0.2, 0.25) is 0 Å². The third-order valence-corrected chi connectivity index (χ3v) is 3.35. The molecule has 2 unspecified atom stereocenters. The Morgan fingerprint density at radius 3 is 2.94 bits per heavy atom. The van der Waals surface area contributed by atoms with Crippen molar-refractivity contribution < 1.29 is 4.74 Å². The lowest BCUT2D eigenvalue weighted by Gasteiger charge is -2.27. The Hall–Kier alpha value is -0.830. The second-order valence-electron chi connectivity index (χ2n) is 5.32. The van der Waals surface area contributed by atoms with Crippen LogP contribution in [-0.4, -0.2) is 23.3 Å². The number of hydrogen-bond donors (Lipinski definition) is 0. The first-order valence-electron chi connectivity index (χ1n) is 6.17. The van der Waals surface area contributed by atoms with E-state index in [0.29, 0.717) is 11.8 Å². The maximum absolute atomic E-state index is 5.30. The van der Waals surface area contributed by atoms with E-state index in [9.17, 15) is 0 Å². The normalized spacial score (nSPS) is 24.8. The first-order valence-corrected chi connectivity index (χ1v) is 6.17. The first kappa shape index (κ1) is 11.6. The molecule has 1 aromatic heterocycles. The van der Waals surface area contributed by atoms with Crippen LogP contribution in [0.1, 0.15) is 50.5 Å². The van der Waals surface area contributed by atoms with E-state index >= 15 is 0 Å². The van der Waals surface area contributed by atoms with Crippen molar-refractivity contribution in [2.45, 2.75) is 45.6 Å². The van der Waals surface area contributed by atoms with E-state index in [0.717, 1.165) is 19.1 Å². The molecule has 0 fully saturated rings. The molecule has 0 bridgehead atoms. The van der Waals surface area contributed by atoms with E-state index in [1.54, 1.807) is 7.11 Å². The molecule has 2 atom stereocenters. The number of rotatable bonds is 3. The van der Waals surface area contributed by atoms with Crippen LogP contribution < -0.4 is 0 Å². The van der Waals surface area contributed by atoms with Gasteiger partial charge in [-0.1, -0.05) is 20.8 Å². The van der Waals surface area contributed by atoms with E-state index in [-0.39, 0.29) is 0 Å². The standard InChI is InChI=1S/C13H22N2O/c1-9(2)12-7-15-6-10(3)5-11(8-16-4)13(15)14-12/h7,9-11H,5-6,8H2,1-4H3. The summed E-state index contributed by atoms with van der Waals surface area (Å²) < 4.78 is 7.63. The Balaban J connectivity index is 2.29. The highest BCUT2D eigenvalue weighted by Crippen LogP contribution is 2.31. The van der Waals surface area contributed by atoms with Crippen molar-refractivity contribution in [2.75, 3.05) is 13.7 Å². The van der Waals surface area contributed by atoms with Crippen molar-refractivity contribution in [3.05, 3.63) is 17.7 Å². The Morgan fingerprint density at radius 1 is 1.56 bits per heavy atom. The van der Waals surface area contributed by atoms with E-state index in [2.05, 4.69) is 31.5 Å². The predicted octanol–water partition coefficient (Wildman–Crippen LogP) is 2.78. The molecule has 1 aromatic rings. The number of methoxy groups -OCH3 is 1. The molecule has 3 heteroatoms. The molecule has 2 rings (SSSR count). The summed E-state index contributed by atoms with van der Waals surface area (Å²) in [5.74, 6) is 2.93. The van der Waals surface area contributed by atoms with Crippen molar-refractivity contribution in [1.82, 2.24) is 9.55 Å². The molecule has 0 radical (unpaired) electrons. The monoisotopic (exact) mass is 222 g/mol. The smallest absolute Gasteiger partial charge is 0.114 e. The Bertz CT molecular complexity index is 357. The average Bonchev–Trinajstić information content (AvgIpc) is 2.61. The number of aromatic nitrogens is 2. The van der Waals surface area contributed by atoms with Crippen molar-refractivity contribution in [3.63, 3.8) is 0 Å². The lowest BCUT2D eigenvalue weighted by atomic mass is 9.92. The molecule has 0 saturated carbocycles. The van der Waals surface area contributed by atoms with Crippen LogP contribution in [0, 0.1) is 5.92 Å². The summed E-state index contributed by atoms with van der Waals surface area (Å²) in [5.41, 5.74) is 1.21. The minimum Gasteiger partial charge on any atom is -0.384 e. The van der Waals surface area contributed by atoms with Crippen molar-refractivity contribution >= 4 is 0 Å². The molecule has 1 aliphatic rings. The molecular formula is C13H22N2O. The van der Waals surface area contributed by atoms with Crippen LogP contribution in [0.25, 0.3) is 0 Å². The molecule has 2 heterocycles. The zero-order chi connectivity index (χ0) is 11.7. The molecule has 0 spiro atoms. The van der Waals surface area contributed by atoms with Crippen molar-refractivity contribution in [3.8, 4) is 0 Å². The van der Waals surface area contributed by atoms with Gasteiger partial charge in [-0.3, -0.25) is 0 Å². The first-order chi connectivity index (χ1) is 7.61. The van der Waals surface area contributed by atoms with Crippen LogP contribution >= 0.6 is 0 Å². The Morgan fingerprint density at radius 2 is 2.31 bits per heavy atom. The van der Waals surface area contributed by atoms with Gasteiger partial charge in [-0.25, -0.2) is 4.98 Å². The maximum Gasteiger partial charge on any atom is 0.114 e. The minimum absolute atomic E-state index is 0.473. The van der Waals surface area contributed by atoms with E-state index in [1.807, 2.05) is 0 Å². The second-order valence-corrected chi connectivity index (χ2v) is 5.32. The van der Waals surface area contributed by atoms with Crippen LogP contribution in [0.4, 0.5) is 0 Å². The maximum atomic E-state index is 5.30. The molecule has 1 aliphatic heterocycles. The topological polar surface area (TPSA) is 27.1 Å². The minimum atomic E-state index is 0.473. The number of imidazole rings is 1. The highest BCUT2D eigenvalue weighted by molar-refractivity contribution is 5.13. The summed E-state index contributed by atoms with van der Waals surface area (Å²) in [4.78, 5) is 4.77. The van der Waals surface area contributed by atoms with Gasteiger partial charge >= 0.3 is 0 Å². The fourth-order valence-electron chi connectivity index (χ4n) is 2.55. The molecular weight excluding hydrogens is 200 g/mol. The molecule has 16 heavy (non-hydrogen) atoms. The van der Waals surface area contributed by atoms with Crippen molar-refractivity contribution in [2.24, 2.45) is 5.92 Å². The average molecular weight is 222 g/mol. The van der Waals surface area contributed by atoms with Crippen LogP contribution in [-0.2, 0) is 11.3 Å².